The molecule has 0 saturated heterocycles. The van der Waals surface area contributed by atoms with E-state index in [2.05, 4.69) is 10.5 Å². The van der Waals surface area contributed by atoms with Crippen LogP contribution in [-0.2, 0) is 0 Å². The number of rotatable bonds is 3. The molecule has 4 nitrogen and oxygen atoms in total. The SMILES string of the molecule is C/C(=N/NC(=O)c1ccccc1O)c1ccc(C)c(C)c1. The van der Waals surface area contributed by atoms with E-state index in [1.54, 1.807) is 18.2 Å². The Morgan fingerprint density at radius 1 is 1.10 bits per heavy atom. The molecule has 2 N–H and O–H groups in total. The number of phenols is 1. The molecule has 0 radical (unpaired) electrons. The molecule has 0 aliphatic carbocycles. The molecular weight excluding hydrogens is 264 g/mol. The van der Waals surface area contributed by atoms with Crippen LogP contribution in [0.3, 0.4) is 0 Å². The molecule has 0 aliphatic rings. The number of benzene rings is 2. The van der Waals surface area contributed by atoms with Crippen molar-refractivity contribution in [1.29, 1.82) is 0 Å². The number of para-hydroxylation sites is 1. The average Bonchev–Trinajstić information content (AvgIpc) is 2.47. The monoisotopic (exact) mass is 282 g/mol. The van der Waals surface area contributed by atoms with Gasteiger partial charge in [-0.15, -0.1) is 0 Å². The van der Waals surface area contributed by atoms with E-state index < -0.39 is 5.91 Å². The Balaban J connectivity index is 2.15. The molecule has 2 rings (SSSR count). The normalized spacial score (nSPS) is 11.3. The Kier molecular flexibility index (Phi) is 4.38. The van der Waals surface area contributed by atoms with Crippen molar-refractivity contribution in [1.82, 2.24) is 5.43 Å². The predicted octanol–water partition coefficient (Wildman–Crippen LogP) is 3.16. The highest BCUT2D eigenvalue weighted by atomic mass is 16.3. The summed E-state index contributed by atoms with van der Waals surface area (Å²) in [6.07, 6.45) is 0. The molecule has 108 valence electrons. The summed E-state index contributed by atoms with van der Waals surface area (Å²) in [5.74, 6) is -0.495. The van der Waals surface area contributed by atoms with Crippen LogP contribution in [0.15, 0.2) is 47.6 Å². The summed E-state index contributed by atoms with van der Waals surface area (Å²) in [5, 5.41) is 13.7. The molecule has 1 amide bonds. The van der Waals surface area contributed by atoms with Gasteiger partial charge in [0.15, 0.2) is 0 Å². The Hall–Kier alpha value is -2.62. The van der Waals surface area contributed by atoms with Crippen molar-refractivity contribution in [2.75, 3.05) is 0 Å². The lowest BCUT2D eigenvalue weighted by atomic mass is 10.0. The maximum atomic E-state index is 11.9. The second-order valence-electron chi connectivity index (χ2n) is 4.95. The van der Waals surface area contributed by atoms with E-state index in [1.165, 1.54) is 17.2 Å². The first-order valence-corrected chi connectivity index (χ1v) is 6.69. The van der Waals surface area contributed by atoms with Crippen LogP contribution in [-0.4, -0.2) is 16.7 Å². The minimum atomic E-state index is -0.434. The fraction of sp³-hybridized carbons (Fsp3) is 0.176. The zero-order valence-corrected chi connectivity index (χ0v) is 12.3. The minimum absolute atomic E-state index is 0.0611. The van der Waals surface area contributed by atoms with Gasteiger partial charge < -0.3 is 5.11 Å². The number of hydrogen-bond donors (Lipinski definition) is 2. The Morgan fingerprint density at radius 3 is 2.48 bits per heavy atom. The van der Waals surface area contributed by atoms with E-state index in [4.69, 9.17) is 0 Å². The Labute approximate surface area is 124 Å². The van der Waals surface area contributed by atoms with E-state index in [0.717, 1.165) is 5.56 Å². The predicted molar refractivity (Wildman–Crippen MR) is 83.7 cm³/mol. The van der Waals surface area contributed by atoms with E-state index in [0.29, 0.717) is 5.71 Å². The summed E-state index contributed by atoms with van der Waals surface area (Å²) in [5.41, 5.74) is 6.72. The third-order valence-corrected chi connectivity index (χ3v) is 3.40. The smallest absolute Gasteiger partial charge is 0.275 e. The molecule has 0 spiro atoms. The molecule has 21 heavy (non-hydrogen) atoms. The zero-order chi connectivity index (χ0) is 15.4. The highest BCUT2D eigenvalue weighted by Crippen LogP contribution is 2.15. The topological polar surface area (TPSA) is 61.7 Å². The summed E-state index contributed by atoms with van der Waals surface area (Å²) in [4.78, 5) is 11.9. The molecule has 0 fully saturated rings. The quantitative estimate of drug-likeness (QED) is 0.671. The third-order valence-electron chi connectivity index (χ3n) is 3.40. The van der Waals surface area contributed by atoms with Crippen molar-refractivity contribution >= 4 is 11.6 Å². The standard InChI is InChI=1S/C17H18N2O2/c1-11-8-9-14(10-12(11)2)13(3)18-19-17(21)15-6-4-5-7-16(15)20/h4-10,20H,1-3H3,(H,19,21)/b18-13-. The molecule has 0 saturated carbocycles. The number of hydrogen-bond acceptors (Lipinski definition) is 3. The van der Waals surface area contributed by atoms with Crippen molar-refractivity contribution < 1.29 is 9.90 Å². The molecule has 0 heterocycles. The van der Waals surface area contributed by atoms with Crippen LogP contribution < -0.4 is 5.43 Å². The lowest BCUT2D eigenvalue weighted by Crippen LogP contribution is -2.19. The van der Waals surface area contributed by atoms with Gasteiger partial charge in [0.05, 0.1) is 11.3 Å². The van der Waals surface area contributed by atoms with Gasteiger partial charge in [-0.3, -0.25) is 4.79 Å². The third kappa shape index (κ3) is 3.48. The number of hydrazone groups is 1. The number of nitrogens with zero attached hydrogens (tertiary/aromatic N) is 1. The number of carbonyl (C=O) groups is 1. The van der Waals surface area contributed by atoms with Gasteiger partial charge in [-0.25, -0.2) is 5.43 Å². The largest absolute Gasteiger partial charge is 0.507 e. The summed E-state index contributed by atoms with van der Waals surface area (Å²) < 4.78 is 0. The van der Waals surface area contributed by atoms with E-state index >= 15 is 0 Å². The molecule has 0 atom stereocenters. The average molecular weight is 282 g/mol. The van der Waals surface area contributed by atoms with Gasteiger partial charge in [0.2, 0.25) is 0 Å². The maximum Gasteiger partial charge on any atom is 0.275 e. The molecule has 0 bridgehead atoms. The number of aromatic hydroxyl groups is 1. The molecule has 0 aliphatic heterocycles. The van der Waals surface area contributed by atoms with Crippen molar-refractivity contribution in [3.63, 3.8) is 0 Å². The van der Waals surface area contributed by atoms with Crippen LogP contribution in [0.1, 0.15) is 34.0 Å². The van der Waals surface area contributed by atoms with Gasteiger partial charge in [-0.05, 0) is 55.7 Å². The van der Waals surface area contributed by atoms with Gasteiger partial charge in [0, 0.05) is 0 Å². The van der Waals surface area contributed by atoms with Crippen LogP contribution in [0, 0.1) is 13.8 Å². The van der Waals surface area contributed by atoms with Crippen molar-refractivity contribution in [3.8, 4) is 5.75 Å². The zero-order valence-electron chi connectivity index (χ0n) is 12.3. The Morgan fingerprint density at radius 2 is 1.81 bits per heavy atom. The summed E-state index contributed by atoms with van der Waals surface area (Å²) in [7, 11) is 0. The van der Waals surface area contributed by atoms with Crippen LogP contribution >= 0.6 is 0 Å². The van der Waals surface area contributed by atoms with Gasteiger partial charge in [0.1, 0.15) is 5.75 Å². The fourth-order valence-corrected chi connectivity index (χ4v) is 1.89. The van der Waals surface area contributed by atoms with Crippen LogP contribution in [0.2, 0.25) is 0 Å². The van der Waals surface area contributed by atoms with Crippen molar-refractivity contribution in [3.05, 3.63) is 64.7 Å². The number of phenolic OH excluding ortho intramolecular Hbond substituents is 1. The van der Waals surface area contributed by atoms with Crippen LogP contribution in [0.5, 0.6) is 5.75 Å². The van der Waals surface area contributed by atoms with Crippen LogP contribution in [0.4, 0.5) is 0 Å². The number of aryl methyl sites for hydroxylation is 2. The van der Waals surface area contributed by atoms with Crippen LogP contribution in [0.25, 0.3) is 0 Å². The van der Waals surface area contributed by atoms with Gasteiger partial charge in [-0.1, -0.05) is 24.3 Å². The second kappa shape index (κ2) is 6.22. The highest BCUT2D eigenvalue weighted by molar-refractivity contribution is 6.01. The van der Waals surface area contributed by atoms with Gasteiger partial charge in [0.25, 0.3) is 5.91 Å². The fourth-order valence-electron chi connectivity index (χ4n) is 1.89. The maximum absolute atomic E-state index is 11.9. The Bertz CT molecular complexity index is 706. The number of carbonyl (C=O) groups excluding carboxylic acids is 1. The lowest BCUT2D eigenvalue weighted by Gasteiger charge is -2.06. The summed E-state index contributed by atoms with van der Waals surface area (Å²) in [6, 6.07) is 12.4. The molecule has 2 aromatic rings. The summed E-state index contributed by atoms with van der Waals surface area (Å²) >= 11 is 0. The van der Waals surface area contributed by atoms with Gasteiger partial charge in [-0.2, -0.15) is 5.10 Å². The summed E-state index contributed by atoms with van der Waals surface area (Å²) in [6.45, 7) is 5.91. The first-order valence-electron chi connectivity index (χ1n) is 6.69. The van der Waals surface area contributed by atoms with Crippen molar-refractivity contribution in [2.45, 2.75) is 20.8 Å². The molecule has 0 aromatic heterocycles. The van der Waals surface area contributed by atoms with Crippen molar-refractivity contribution in [2.24, 2.45) is 5.10 Å². The van der Waals surface area contributed by atoms with Gasteiger partial charge >= 0.3 is 0 Å². The van der Waals surface area contributed by atoms with E-state index in [9.17, 15) is 9.90 Å². The molecular formula is C17H18N2O2. The minimum Gasteiger partial charge on any atom is -0.507 e. The molecule has 2 aromatic carbocycles. The first kappa shape index (κ1) is 14.8. The number of nitrogens with one attached hydrogen (secondary N) is 1. The highest BCUT2D eigenvalue weighted by Gasteiger charge is 2.09. The molecule has 4 heteroatoms. The van der Waals surface area contributed by atoms with E-state index in [-0.39, 0.29) is 11.3 Å². The lowest BCUT2D eigenvalue weighted by molar-refractivity contribution is 0.0952. The number of amides is 1. The van der Waals surface area contributed by atoms with E-state index in [1.807, 2.05) is 39.0 Å². The first-order chi connectivity index (χ1) is 9.99. The second-order valence-corrected chi connectivity index (χ2v) is 4.95. The molecule has 0 unspecified atom stereocenters.